The average molecular weight is 516 g/mol. The highest BCUT2D eigenvalue weighted by atomic mass is 127. The van der Waals surface area contributed by atoms with Crippen LogP contribution in [-0.2, 0) is 24.3 Å². The van der Waals surface area contributed by atoms with E-state index in [4.69, 9.17) is 4.74 Å². The Bertz CT molecular complexity index is 754. The summed E-state index contributed by atoms with van der Waals surface area (Å²) in [5, 5.41) is 11.9. The summed E-state index contributed by atoms with van der Waals surface area (Å²) < 4.78 is 7.11. The van der Waals surface area contributed by atoms with Crippen molar-refractivity contribution in [3.63, 3.8) is 0 Å². The van der Waals surface area contributed by atoms with Crippen LogP contribution in [0.4, 0.5) is 0 Å². The Labute approximate surface area is 188 Å². The number of thioether (sulfide) groups is 1. The molecule has 0 saturated heterocycles. The lowest BCUT2D eigenvalue weighted by Gasteiger charge is -2.26. The fraction of sp³-hybridized carbons (Fsp3) is 0.526. The molecule has 3 rings (SSSR count). The van der Waals surface area contributed by atoms with Crippen LogP contribution in [0.25, 0.3) is 0 Å². The van der Waals surface area contributed by atoms with Crippen molar-refractivity contribution in [2.45, 2.75) is 49.1 Å². The molecule has 0 radical (unpaired) electrons. The maximum Gasteiger partial charge on any atom is 0.191 e. The van der Waals surface area contributed by atoms with Crippen molar-refractivity contribution >= 4 is 41.7 Å². The van der Waals surface area contributed by atoms with Gasteiger partial charge in [-0.1, -0.05) is 25.1 Å². The standard InChI is InChI=1S/C19H28N6OS.HI/c1-14(27-16-7-5-4-6-8-16)11-21-19(20-2)22-15-9-10-18-23-17(13-26-3)24-25(18)12-15;/h4-8,14-15H,9-13H2,1-3H3,(H2,20,21,22);1H. The Balaban J connectivity index is 0.00000280. The maximum atomic E-state index is 5.13. The zero-order valence-corrected chi connectivity index (χ0v) is 19.7. The summed E-state index contributed by atoms with van der Waals surface area (Å²) in [7, 11) is 3.47. The number of benzene rings is 1. The molecule has 2 unspecified atom stereocenters. The number of methoxy groups -OCH3 is 1. The second-order valence-electron chi connectivity index (χ2n) is 6.63. The molecule has 1 aromatic carbocycles. The monoisotopic (exact) mass is 516 g/mol. The molecule has 2 N–H and O–H groups in total. The second-order valence-corrected chi connectivity index (χ2v) is 8.15. The van der Waals surface area contributed by atoms with Crippen LogP contribution in [0.5, 0.6) is 0 Å². The van der Waals surface area contributed by atoms with Gasteiger partial charge in [-0.05, 0) is 18.6 Å². The molecule has 28 heavy (non-hydrogen) atoms. The zero-order chi connectivity index (χ0) is 19.1. The Morgan fingerprint density at radius 2 is 2.18 bits per heavy atom. The van der Waals surface area contributed by atoms with Gasteiger partial charge in [-0.15, -0.1) is 35.7 Å². The van der Waals surface area contributed by atoms with Gasteiger partial charge < -0.3 is 15.4 Å². The van der Waals surface area contributed by atoms with Gasteiger partial charge >= 0.3 is 0 Å². The minimum Gasteiger partial charge on any atom is -0.377 e. The van der Waals surface area contributed by atoms with Crippen LogP contribution in [0.2, 0.25) is 0 Å². The molecule has 9 heteroatoms. The molecule has 1 aliphatic rings. The number of halogens is 1. The van der Waals surface area contributed by atoms with E-state index in [1.54, 1.807) is 7.11 Å². The number of rotatable bonds is 7. The van der Waals surface area contributed by atoms with E-state index in [0.717, 1.165) is 43.5 Å². The first-order chi connectivity index (χ1) is 13.2. The van der Waals surface area contributed by atoms with E-state index >= 15 is 0 Å². The molecular formula is C19H29IN6OS. The van der Waals surface area contributed by atoms with Crippen molar-refractivity contribution in [1.29, 1.82) is 0 Å². The van der Waals surface area contributed by atoms with Crippen LogP contribution in [0.3, 0.4) is 0 Å². The molecule has 154 valence electrons. The summed E-state index contributed by atoms with van der Waals surface area (Å²) in [6.07, 6.45) is 1.92. The first-order valence-electron chi connectivity index (χ1n) is 9.28. The highest BCUT2D eigenvalue weighted by Crippen LogP contribution is 2.22. The molecule has 2 heterocycles. The molecule has 7 nitrogen and oxygen atoms in total. The van der Waals surface area contributed by atoms with Crippen LogP contribution in [-0.4, -0.2) is 52.7 Å². The van der Waals surface area contributed by atoms with Gasteiger partial charge in [-0.3, -0.25) is 4.99 Å². The van der Waals surface area contributed by atoms with E-state index < -0.39 is 0 Å². The van der Waals surface area contributed by atoms with Gasteiger partial charge in [-0.25, -0.2) is 9.67 Å². The molecule has 0 amide bonds. The molecule has 0 saturated carbocycles. The summed E-state index contributed by atoms with van der Waals surface area (Å²) in [5.74, 6) is 2.62. The number of fused-ring (bicyclic) bond motifs is 1. The van der Waals surface area contributed by atoms with Crippen molar-refractivity contribution < 1.29 is 4.74 Å². The molecular weight excluding hydrogens is 487 g/mol. The topological polar surface area (TPSA) is 76.4 Å². The summed E-state index contributed by atoms with van der Waals surface area (Å²) >= 11 is 1.86. The molecule has 0 bridgehead atoms. The van der Waals surface area contributed by atoms with Crippen molar-refractivity contribution in [2.75, 3.05) is 20.7 Å². The largest absolute Gasteiger partial charge is 0.377 e. The Morgan fingerprint density at radius 3 is 2.89 bits per heavy atom. The van der Waals surface area contributed by atoms with Crippen LogP contribution in [0.1, 0.15) is 25.0 Å². The van der Waals surface area contributed by atoms with Gasteiger partial charge in [0, 0.05) is 43.3 Å². The number of aliphatic imine (C=N–C) groups is 1. The molecule has 1 aliphatic heterocycles. The Kier molecular flexibility index (Phi) is 9.52. The zero-order valence-electron chi connectivity index (χ0n) is 16.6. The van der Waals surface area contributed by atoms with Gasteiger partial charge in [0.2, 0.25) is 0 Å². The fourth-order valence-electron chi connectivity index (χ4n) is 3.07. The quantitative estimate of drug-likeness (QED) is 0.255. The summed E-state index contributed by atoms with van der Waals surface area (Å²) in [4.78, 5) is 10.2. The third kappa shape index (κ3) is 6.63. The SMILES string of the molecule is CN=C(NCC(C)Sc1ccccc1)NC1CCc2nc(COC)nn2C1.I. The van der Waals surface area contributed by atoms with E-state index in [-0.39, 0.29) is 30.0 Å². The molecule has 0 fully saturated rings. The Morgan fingerprint density at radius 1 is 1.39 bits per heavy atom. The number of hydrogen-bond donors (Lipinski definition) is 2. The third-order valence-corrected chi connectivity index (χ3v) is 5.49. The average Bonchev–Trinajstić information content (AvgIpc) is 3.08. The van der Waals surface area contributed by atoms with E-state index in [0.29, 0.717) is 11.9 Å². The van der Waals surface area contributed by atoms with E-state index in [2.05, 4.69) is 56.9 Å². The number of hydrogen-bond acceptors (Lipinski definition) is 5. The smallest absolute Gasteiger partial charge is 0.191 e. The third-order valence-electron chi connectivity index (χ3n) is 4.38. The van der Waals surface area contributed by atoms with Gasteiger partial charge in [-0.2, -0.15) is 5.10 Å². The van der Waals surface area contributed by atoms with Crippen LogP contribution < -0.4 is 10.6 Å². The predicted octanol–water partition coefficient (Wildman–Crippen LogP) is 2.70. The van der Waals surface area contributed by atoms with Crippen molar-refractivity contribution in [2.24, 2.45) is 4.99 Å². The number of nitrogens with one attached hydrogen (secondary N) is 2. The van der Waals surface area contributed by atoms with Crippen molar-refractivity contribution in [1.82, 2.24) is 25.4 Å². The van der Waals surface area contributed by atoms with Gasteiger partial charge in [0.25, 0.3) is 0 Å². The molecule has 0 spiro atoms. The number of aryl methyl sites for hydroxylation is 1. The van der Waals surface area contributed by atoms with Crippen LogP contribution >= 0.6 is 35.7 Å². The number of aromatic nitrogens is 3. The minimum absolute atomic E-state index is 0. The highest BCUT2D eigenvalue weighted by Gasteiger charge is 2.22. The minimum atomic E-state index is 0. The van der Waals surface area contributed by atoms with Crippen LogP contribution in [0.15, 0.2) is 40.2 Å². The normalized spacial score (nSPS) is 17.4. The lowest BCUT2D eigenvalue weighted by atomic mass is 10.1. The van der Waals surface area contributed by atoms with Crippen molar-refractivity contribution in [3.8, 4) is 0 Å². The lowest BCUT2D eigenvalue weighted by Crippen LogP contribution is -2.48. The summed E-state index contributed by atoms with van der Waals surface area (Å²) in [5.41, 5.74) is 0. The van der Waals surface area contributed by atoms with E-state index in [1.807, 2.05) is 29.6 Å². The number of guanidine groups is 1. The van der Waals surface area contributed by atoms with E-state index in [9.17, 15) is 0 Å². The van der Waals surface area contributed by atoms with E-state index in [1.165, 1.54) is 4.90 Å². The van der Waals surface area contributed by atoms with Gasteiger partial charge in [0.05, 0.1) is 6.54 Å². The van der Waals surface area contributed by atoms with Gasteiger partial charge in [0.1, 0.15) is 12.4 Å². The molecule has 1 aromatic heterocycles. The first kappa shape index (κ1) is 23.0. The van der Waals surface area contributed by atoms with Crippen molar-refractivity contribution in [3.05, 3.63) is 42.0 Å². The predicted molar refractivity (Wildman–Crippen MR) is 125 cm³/mol. The maximum absolute atomic E-state index is 5.13. The second kappa shape index (κ2) is 11.6. The number of nitrogens with zero attached hydrogens (tertiary/aromatic N) is 4. The molecule has 2 atom stereocenters. The molecule has 2 aromatic rings. The lowest BCUT2D eigenvalue weighted by molar-refractivity contribution is 0.177. The fourth-order valence-corrected chi connectivity index (χ4v) is 4.02. The first-order valence-corrected chi connectivity index (χ1v) is 10.2. The van der Waals surface area contributed by atoms with Gasteiger partial charge in [0.15, 0.2) is 11.8 Å². The number of ether oxygens (including phenoxy) is 1. The molecule has 0 aliphatic carbocycles. The highest BCUT2D eigenvalue weighted by molar-refractivity contribution is 14.0. The summed E-state index contributed by atoms with van der Waals surface area (Å²) in [6, 6.07) is 10.8. The summed E-state index contributed by atoms with van der Waals surface area (Å²) in [6.45, 7) is 4.31. The van der Waals surface area contributed by atoms with Crippen LogP contribution in [0, 0.1) is 0 Å². The Hall–Kier alpha value is -1.33.